The lowest BCUT2D eigenvalue weighted by atomic mass is 10.1. The lowest BCUT2D eigenvalue weighted by Crippen LogP contribution is -2.14. The predicted octanol–water partition coefficient (Wildman–Crippen LogP) is 2.16. The number of hydrogen-bond acceptors (Lipinski definition) is 7. The maximum Gasteiger partial charge on any atom is 0.257 e. The van der Waals surface area contributed by atoms with Crippen LogP contribution < -0.4 is 10.7 Å². The molecule has 0 atom stereocenters. The quantitative estimate of drug-likeness (QED) is 0.656. The van der Waals surface area contributed by atoms with E-state index in [1.165, 1.54) is 6.20 Å². The van der Waals surface area contributed by atoms with E-state index in [4.69, 9.17) is 10.5 Å². The fraction of sp³-hybridized carbons (Fsp3) is 0.125. The van der Waals surface area contributed by atoms with E-state index in [1.54, 1.807) is 50.4 Å². The average molecular weight is 319 g/mol. The fourth-order valence-electron chi connectivity index (χ4n) is 1.82. The molecule has 8 heteroatoms. The smallest absolute Gasteiger partial charge is 0.257 e. The molecule has 118 valence electrons. The number of nitriles is 2. The Bertz CT molecular complexity index is 857. The first-order valence-corrected chi connectivity index (χ1v) is 6.88. The van der Waals surface area contributed by atoms with Gasteiger partial charge in [-0.15, -0.1) is 0 Å². The Labute approximate surface area is 138 Å². The third-order valence-electron chi connectivity index (χ3n) is 3.00. The van der Waals surface area contributed by atoms with Crippen molar-refractivity contribution in [3.8, 4) is 12.1 Å². The van der Waals surface area contributed by atoms with Gasteiger partial charge in [0.15, 0.2) is 5.82 Å². The summed E-state index contributed by atoms with van der Waals surface area (Å²) in [4.78, 5) is 20.4. The summed E-state index contributed by atoms with van der Waals surface area (Å²) in [5.74, 6) is 0.0555. The number of anilines is 2. The van der Waals surface area contributed by atoms with Gasteiger partial charge in [0.2, 0.25) is 5.71 Å². The minimum Gasteiger partial charge on any atom is -0.305 e. The van der Waals surface area contributed by atoms with E-state index < -0.39 is 0 Å². The number of rotatable bonds is 4. The standard InChI is InChI=1S/C16H13N7O/c1-10-5-12(22-23-13(6-17)7-18)3-4-14(10)16(24)21-15-9-19-11(2)8-20-15/h3-5,8-9,22H,1-2H3,(H,20,21,24). The van der Waals surface area contributed by atoms with Crippen molar-refractivity contribution in [1.82, 2.24) is 9.97 Å². The van der Waals surface area contributed by atoms with Crippen LogP contribution in [-0.4, -0.2) is 21.6 Å². The third-order valence-corrected chi connectivity index (χ3v) is 3.00. The molecule has 24 heavy (non-hydrogen) atoms. The predicted molar refractivity (Wildman–Crippen MR) is 88.2 cm³/mol. The molecule has 1 aromatic heterocycles. The van der Waals surface area contributed by atoms with Crippen LogP contribution in [0.15, 0.2) is 35.7 Å². The number of hydrazone groups is 1. The van der Waals surface area contributed by atoms with Crippen LogP contribution >= 0.6 is 0 Å². The van der Waals surface area contributed by atoms with Gasteiger partial charge in [-0.3, -0.25) is 15.2 Å². The van der Waals surface area contributed by atoms with Crippen molar-refractivity contribution in [3.05, 3.63) is 47.4 Å². The summed E-state index contributed by atoms with van der Waals surface area (Å²) in [5, 5.41) is 23.6. The maximum atomic E-state index is 12.3. The van der Waals surface area contributed by atoms with Crippen LogP contribution in [0, 0.1) is 36.5 Å². The Morgan fingerprint density at radius 1 is 1.17 bits per heavy atom. The van der Waals surface area contributed by atoms with Gasteiger partial charge in [0, 0.05) is 5.56 Å². The number of nitrogens with zero attached hydrogens (tertiary/aromatic N) is 5. The van der Waals surface area contributed by atoms with Crippen molar-refractivity contribution in [2.75, 3.05) is 10.7 Å². The molecule has 0 unspecified atom stereocenters. The van der Waals surface area contributed by atoms with Gasteiger partial charge < -0.3 is 5.32 Å². The van der Waals surface area contributed by atoms with Crippen LogP contribution in [-0.2, 0) is 0 Å². The molecule has 0 fully saturated rings. The number of benzene rings is 1. The second kappa shape index (κ2) is 7.47. The lowest BCUT2D eigenvalue weighted by molar-refractivity contribution is 0.102. The van der Waals surface area contributed by atoms with E-state index in [-0.39, 0.29) is 11.6 Å². The molecule has 1 heterocycles. The topological polar surface area (TPSA) is 127 Å². The van der Waals surface area contributed by atoms with Crippen molar-refractivity contribution >= 4 is 23.1 Å². The minimum atomic E-state index is -0.310. The van der Waals surface area contributed by atoms with E-state index in [0.29, 0.717) is 22.6 Å². The Kier molecular flexibility index (Phi) is 5.17. The molecule has 1 amide bonds. The molecule has 0 aliphatic rings. The number of carbonyl (C=O) groups is 1. The van der Waals surface area contributed by atoms with E-state index in [0.717, 1.165) is 5.69 Å². The van der Waals surface area contributed by atoms with Gasteiger partial charge in [-0.25, -0.2) is 4.98 Å². The molecule has 8 nitrogen and oxygen atoms in total. The summed E-state index contributed by atoms with van der Waals surface area (Å²) >= 11 is 0. The molecule has 0 aliphatic heterocycles. The van der Waals surface area contributed by atoms with Crippen molar-refractivity contribution in [2.45, 2.75) is 13.8 Å². The SMILES string of the molecule is Cc1cnc(NC(=O)c2ccc(NN=C(C#N)C#N)cc2C)cn1. The molecule has 0 saturated heterocycles. The summed E-state index contributed by atoms with van der Waals surface area (Å²) in [5.41, 5.74) is 4.79. The molecular formula is C16H13N7O. The molecule has 0 radical (unpaired) electrons. The lowest BCUT2D eigenvalue weighted by Gasteiger charge is -2.09. The zero-order chi connectivity index (χ0) is 17.5. The third kappa shape index (κ3) is 4.12. The van der Waals surface area contributed by atoms with Crippen molar-refractivity contribution in [3.63, 3.8) is 0 Å². The maximum absolute atomic E-state index is 12.3. The van der Waals surface area contributed by atoms with Gasteiger partial charge in [0.05, 0.1) is 23.8 Å². The largest absolute Gasteiger partial charge is 0.305 e. The number of hydrogen-bond donors (Lipinski definition) is 2. The Balaban J connectivity index is 2.13. The van der Waals surface area contributed by atoms with Gasteiger partial charge >= 0.3 is 0 Å². The number of amides is 1. The molecule has 0 bridgehead atoms. The highest BCUT2D eigenvalue weighted by atomic mass is 16.1. The van der Waals surface area contributed by atoms with Gasteiger partial charge in [-0.2, -0.15) is 15.6 Å². The highest BCUT2D eigenvalue weighted by Crippen LogP contribution is 2.16. The van der Waals surface area contributed by atoms with Crippen molar-refractivity contribution in [1.29, 1.82) is 10.5 Å². The molecule has 0 saturated carbocycles. The van der Waals surface area contributed by atoms with Crippen molar-refractivity contribution in [2.24, 2.45) is 5.10 Å². The molecule has 1 aromatic carbocycles. The van der Waals surface area contributed by atoms with E-state index in [9.17, 15) is 4.79 Å². The first-order chi connectivity index (χ1) is 11.5. The summed E-state index contributed by atoms with van der Waals surface area (Å²) in [6.45, 7) is 3.57. The minimum absolute atomic E-state index is 0.285. The monoisotopic (exact) mass is 319 g/mol. The highest BCUT2D eigenvalue weighted by Gasteiger charge is 2.10. The van der Waals surface area contributed by atoms with Crippen LogP contribution in [0.3, 0.4) is 0 Å². The van der Waals surface area contributed by atoms with Crippen LogP contribution in [0.1, 0.15) is 21.6 Å². The van der Waals surface area contributed by atoms with Crippen LogP contribution in [0.25, 0.3) is 0 Å². The molecule has 0 spiro atoms. The highest BCUT2D eigenvalue weighted by molar-refractivity contribution is 6.10. The summed E-state index contributed by atoms with van der Waals surface area (Å²) in [6, 6.07) is 8.22. The first-order valence-electron chi connectivity index (χ1n) is 6.88. The molecule has 2 rings (SSSR count). The zero-order valence-electron chi connectivity index (χ0n) is 13.0. The second-order valence-corrected chi connectivity index (χ2v) is 4.82. The fourth-order valence-corrected chi connectivity index (χ4v) is 1.82. The van der Waals surface area contributed by atoms with Gasteiger partial charge in [0.1, 0.15) is 12.1 Å². The van der Waals surface area contributed by atoms with Crippen molar-refractivity contribution < 1.29 is 4.79 Å². The summed E-state index contributed by atoms with van der Waals surface area (Å²) < 4.78 is 0. The number of carbonyl (C=O) groups excluding carboxylic acids is 1. The number of aromatic nitrogens is 2. The van der Waals surface area contributed by atoms with Crippen LogP contribution in [0.2, 0.25) is 0 Å². The van der Waals surface area contributed by atoms with Gasteiger partial charge in [0.25, 0.3) is 5.91 Å². The molecule has 2 aromatic rings. The summed E-state index contributed by atoms with van der Waals surface area (Å²) in [7, 11) is 0. The van der Waals surface area contributed by atoms with Crippen LogP contribution in [0.5, 0.6) is 0 Å². The van der Waals surface area contributed by atoms with Gasteiger partial charge in [-0.05, 0) is 37.6 Å². The molecule has 0 aliphatic carbocycles. The Morgan fingerprint density at radius 3 is 2.50 bits per heavy atom. The molecular weight excluding hydrogens is 306 g/mol. The Morgan fingerprint density at radius 2 is 1.92 bits per heavy atom. The average Bonchev–Trinajstić information content (AvgIpc) is 2.58. The second-order valence-electron chi connectivity index (χ2n) is 4.82. The van der Waals surface area contributed by atoms with Gasteiger partial charge in [-0.1, -0.05) is 0 Å². The first kappa shape index (κ1) is 16.6. The number of aryl methyl sites for hydroxylation is 2. The normalized spacial score (nSPS) is 9.33. The summed E-state index contributed by atoms with van der Waals surface area (Å²) in [6.07, 6.45) is 3.05. The van der Waals surface area contributed by atoms with E-state index >= 15 is 0 Å². The molecule has 2 N–H and O–H groups in total. The van der Waals surface area contributed by atoms with Crippen LogP contribution in [0.4, 0.5) is 11.5 Å². The zero-order valence-corrected chi connectivity index (χ0v) is 13.0. The van der Waals surface area contributed by atoms with E-state index in [1.807, 2.05) is 0 Å². The number of nitrogens with one attached hydrogen (secondary N) is 2. The Hall–Kier alpha value is -3.78. The van der Waals surface area contributed by atoms with E-state index in [2.05, 4.69) is 25.8 Å².